The fourth-order valence-electron chi connectivity index (χ4n) is 4.30. The van der Waals surface area contributed by atoms with E-state index in [2.05, 4.69) is 0 Å². The van der Waals surface area contributed by atoms with Crippen LogP contribution in [0.3, 0.4) is 0 Å². The third-order valence-electron chi connectivity index (χ3n) is 6.03. The molecule has 8 heteroatoms. The van der Waals surface area contributed by atoms with Crippen molar-refractivity contribution in [2.24, 2.45) is 0 Å². The lowest BCUT2D eigenvalue weighted by molar-refractivity contribution is -0.140. The molecule has 1 aliphatic rings. The van der Waals surface area contributed by atoms with Crippen molar-refractivity contribution in [2.75, 3.05) is 14.2 Å². The van der Waals surface area contributed by atoms with E-state index >= 15 is 0 Å². The lowest BCUT2D eigenvalue weighted by atomic mass is 9.95. The van der Waals surface area contributed by atoms with Gasteiger partial charge in [0.05, 0.1) is 37.0 Å². The molecule has 1 fully saturated rings. The molecule has 1 N–H and O–H groups in total. The van der Waals surface area contributed by atoms with Crippen LogP contribution in [0.4, 0.5) is 0 Å². The number of ketones is 1. The summed E-state index contributed by atoms with van der Waals surface area (Å²) >= 11 is 6.38. The van der Waals surface area contributed by atoms with Gasteiger partial charge in [0.1, 0.15) is 23.0 Å². The molecule has 1 aliphatic heterocycles. The Kier molecular flexibility index (Phi) is 7.74. The highest BCUT2D eigenvalue weighted by Crippen LogP contribution is 2.42. The minimum absolute atomic E-state index is 0.0279. The Morgan fingerprint density at radius 3 is 2.24 bits per heavy atom. The predicted molar refractivity (Wildman–Crippen MR) is 141 cm³/mol. The average molecular weight is 522 g/mol. The van der Waals surface area contributed by atoms with E-state index in [1.165, 1.54) is 25.2 Å². The Bertz CT molecular complexity index is 1350. The van der Waals surface area contributed by atoms with Crippen LogP contribution < -0.4 is 14.2 Å². The summed E-state index contributed by atoms with van der Waals surface area (Å²) in [6.07, 6.45) is 0.0279. The summed E-state index contributed by atoms with van der Waals surface area (Å²) in [5.41, 5.74) is 1.54. The molecule has 0 aromatic heterocycles. The standard InChI is InChI=1S/C29H28ClNO6/c1-17(2)37-20-10-8-18(9-11-20)16-31-26(19-6-5-7-21(14-19)35-3)25(28(33)29(31)34)27(32)23-15-22(36-4)12-13-24(23)30/h5-15,17,26,32H,16H2,1-4H3/b27-25+. The van der Waals surface area contributed by atoms with Crippen molar-refractivity contribution in [3.63, 3.8) is 0 Å². The van der Waals surface area contributed by atoms with Gasteiger partial charge in [0.2, 0.25) is 0 Å². The van der Waals surface area contributed by atoms with Crippen LogP contribution in [0, 0.1) is 0 Å². The summed E-state index contributed by atoms with van der Waals surface area (Å²) in [5.74, 6) is -0.199. The zero-order valence-electron chi connectivity index (χ0n) is 21.0. The number of Topliss-reactive ketones (excluding diaryl/α,β-unsaturated/α-hetero) is 1. The number of nitrogens with zero attached hydrogens (tertiary/aromatic N) is 1. The van der Waals surface area contributed by atoms with Crippen molar-refractivity contribution < 1.29 is 28.9 Å². The van der Waals surface area contributed by atoms with Crippen molar-refractivity contribution in [3.05, 3.63) is 94.0 Å². The summed E-state index contributed by atoms with van der Waals surface area (Å²) in [6.45, 7) is 4.02. The lowest BCUT2D eigenvalue weighted by Crippen LogP contribution is -2.29. The number of hydrogen-bond donors (Lipinski definition) is 1. The molecule has 1 unspecified atom stereocenters. The number of amides is 1. The van der Waals surface area contributed by atoms with Gasteiger partial charge < -0.3 is 24.2 Å². The molecule has 0 radical (unpaired) electrons. The number of likely N-dealkylation sites (tertiary alicyclic amines) is 1. The minimum Gasteiger partial charge on any atom is -0.507 e. The maximum absolute atomic E-state index is 13.4. The maximum atomic E-state index is 13.4. The largest absolute Gasteiger partial charge is 0.507 e. The van der Waals surface area contributed by atoms with Gasteiger partial charge in [-0.3, -0.25) is 9.59 Å². The van der Waals surface area contributed by atoms with Crippen LogP contribution in [0.25, 0.3) is 5.76 Å². The van der Waals surface area contributed by atoms with E-state index in [4.69, 9.17) is 25.8 Å². The first kappa shape index (κ1) is 26.1. The highest BCUT2D eigenvalue weighted by molar-refractivity contribution is 6.47. The van der Waals surface area contributed by atoms with Crippen LogP contribution in [-0.2, 0) is 16.1 Å². The summed E-state index contributed by atoms with van der Waals surface area (Å²) < 4.78 is 16.4. The molecule has 7 nitrogen and oxygen atoms in total. The van der Waals surface area contributed by atoms with E-state index in [9.17, 15) is 14.7 Å². The number of carbonyl (C=O) groups is 2. The first-order chi connectivity index (χ1) is 17.7. The van der Waals surface area contributed by atoms with E-state index < -0.39 is 17.7 Å². The van der Waals surface area contributed by atoms with Crippen LogP contribution in [0.2, 0.25) is 5.02 Å². The van der Waals surface area contributed by atoms with Crippen molar-refractivity contribution in [1.29, 1.82) is 0 Å². The van der Waals surface area contributed by atoms with Crippen LogP contribution in [0.15, 0.2) is 72.3 Å². The number of halogens is 1. The summed E-state index contributed by atoms with van der Waals surface area (Å²) in [7, 11) is 3.02. The van der Waals surface area contributed by atoms with E-state index in [0.717, 1.165) is 5.56 Å². The van der Waals surface area contributed by atoms with Gasteiger partial charge in [-0.1, -0.05) is 35.9 Å². The van der Waals surface area contributed by atoms with Gasteiger partial charge in [0.25, 0.3) is 11.7 Å². The van der Waals surface area contributed by atoms with E-state index in [0.29, 0.717) is 22.8 Å². The fraction of sp³-hybridized carbons (Fsp3) is 0.241. The highest BCUT2D eigenvalue weighted by Gasteiger charge is 2.46. The molecule has 0 spiro atoms. The molecule has 0 saturated carbocycles. The number of aliphatic hydroxyl groups excluding tert-OH is 1. The lowest BCUT2D eigenvalue weighted by Gasteiger charge is -2.26. The fourth-order valence-corrected chi connectivity index (χ4v) is 4.51. The van der Waals surface area contributed by atoms with Gasteiger partial charge in [-0.15, -0.1) is 0 Å². The normalized spacial score (nSPS) is 16.8. The SMILES string of the molecule is COc1cccc(C2/C(=C(\O)c3cc(OC)ccc3Cl)C(=O)C(=O)N2Cc2ccc(OC(C)C)cc2)c1. The zero-order valence-corrected chi connectivity index (χ0v) is 21.8. The summed E-state index contributed by atoms with van der Waals surface area (Å²) in [6, 6.07) is 18.3. The molecule has 1 atom stereocenters. The quantitative estimate of drug-likeness (QED) is 0.230. The number of aliphatic hydroxyl groups is 1. The number of ether oxygens (including phenoxy) is 3. The molecule has 0 bridgehead atoms. The van der Waals surface area contributed by atoms with Crippen molar-refractivity contribution in [3.8, 4) is 17.2 Å². The van der Waals surface area contributed by atoms with Crippen LogP contribution in [0.1, 0.15) is 36.6 Å². The smallest absolute Gasteiger partial charge is 0.295 e. The Labute approximate surface area is 220 Å². The molecule has 1 heterocycles. The second kappa shape index (κ2) is 11.0. The Morgan fingerprint density at radius 1 is 0.946 bits per heavy atom. The number of carbonyl (C=O) groups excluding carboxylic acids is 2. The molecular weight excluding hydrogens is 494 g/mol. The average Bonchev–Trinajstić information content (AvgIpc) is 3.14. The van der Waals surface area contributed by atoms with Crippen LogP contribution >= 0.6 is 11.6 Å². The molecular formula is C29H28ClNO6. The molecule has 1 amide bonds. The topological polar surface area (TPSA) is 85.3 Å². The van der Waals surface area contributed by atoms with E-state index in [1.807, 2.05) is 38.1 Å². The number of benzene rings is 3. The molecule has 192 valence electrons. The third-order valence-corrected chi connectivity index (χ3v) is 6.36. The number of methoxy groups -OCH3 is 2. The van der Waals surface area contributed by atoms with Crippen LogP contribution in [0.5, 0.6) is 17.2 Å². The van der Waals surface area contributed by atoms with Gasteiger partial charge in [0.15, 0.2) is 0 Å². The predicted octanol–water partition coefficient (Wildman–Crippen LogP) is 5.77. The molecule has 1 saturated heterocycles. The van der Waals surface area contributed by atoms with Crippen molar-refractivity contribution in [1.82, 2.24) is 4.90 Å². The second-order valence-electron chi connectivity index (χ2n) is 8.86. The maximum Gasteiger partial charge on any atom is 0.295 e. The van der Waals surface area contributed by atoms with Gasteiger partial charge in [-0.25, -0.2) is 0 Å². The minimum atomic E-state index is -0.871. The molecule has 3 aromatic rings. The first-order valence-corrected chi connectivity index (χ1v) is 12.1. The van der Waals surface area contributed by atoms with Crippen molar-refractivity contribution in [2.45, 2.75) is 32.5 Å². The van der Waals surface area contributed by atoms with E-state index in [1.54, 1.807) is 36.4 Å². The monoisotopic (exact) mass is 521 g/mol. The number of rotatable bonds is 8. The number of hydrogen-bond acceptors (Lipinski definition) is 6. The Hall–Kier alpha value is -3.97. The van der Waals surface area contributed by atoms with Gasteiger partial charge in [-0.2, -0.15) is 0 Å². The summed E-state index contributed by atoms with van der Waals surface area (Å²) in [5, 5.41) is 11.6. The highest BCUT2D eigenvalue weighted by atomic mass is 35.5. The first-order valence-electron chi connectivity index (χ1n) is 11.7. The molecule has 0 aliphatic carbocycles. The van der Waals surface area contributed by atoms with E-state index in [-0.39, 0.29) is 34.6 Å². The Morgan fingerprint density at radius 2 is 1.59 bits per heavy atom. The molecule has 37 heavy (non-hydrogen) atoms. The zero-order chi connectivity index (χ0) is 26.7. The molecule has 4 rings (SSSR count). The second-order valence-corrected chi connectivity index (χ2v) is 9.27. The van der Waals surface area contributed by atoms with Gasteiger partial charge in [0, 0.05) is 12.1 Å². The van der Waals surface area contributed by atoms with Gasteiger partial charge >= 0.3 is 0 Å². The Balaban J connectivity index is 1.83. The van der Waals surface area contributed by atoms with Gasteiger partial charge in [-0.05, 0) is 67.4 Å². The van der Waals surface area contributed by atoms with Crippen molar-refractivity contribution >= 4 is 29.1 Å². The van der Waals surface area contributed by atoms with Crippen LogP contribution in [-0.4, -0.2) is 42.0 Å². The third kappa shape index (κ3) is 5.42. The summed E-state index contributed by atoms with van der Waals surface area (Å²) in [4.78, 5) is 28.1. The molecule has 3 aromatic carbocycles.